The molecule has 0 saturated carbocycles. The van der Waals surface area contributed by atoms with Gasteiger partial charge in [-0.15, -0.1) is 11.3 Å². The number of esters is 1. The Morgan fingerprint density at radius 1 is 1.26 bits per heavy atom. The number of rotatable bonds is 7. The fraction of sp³-hybridized carbons (Fsp3) is 0.409. The third-order valence-corrected chi connectivity index (χ3v) is 6.83. The molecule has 7 nitrogen and oxygen atoms in total. The van der Waals surface area contributed by atoms with Crippen LogP contribution in [0.4, 0.5) is 5.95 Å². The zero-order valence-corrected chi connectivity index (χ0v) is 19.3. The van der Waals surface area contributed by atoms with Crippen LogP contribution < -0.4 is 5.32 Å². The molecule has 9 heteroatoms. The van der Waals surface area contributed by atoms with E-state index in [9.17, 15) is 4.79 Å². The quantitative estimate of drug-likeness (QED) is 0.425. The predicted molar refractivity (Wildman–Crippen MR) is 126 cm³/mol. The summed E-state index contributed by atoms with van der Waals surface area (Å²) in [5, 5.41) is 4.86. The largest absolute Gasteiger partial charge is 0.465 e. The minimum Gasteiger partial charge on any atom is -0.465 e. The number of carbonyl (C=O) groups is 1. The van der Waals surface area contributed by atoms with E-state index in [-0.39, 0.29) is 5.97 Å². The number of halogens is 1. The van der Waals surface area contributed by atoms with Gasteiger partial charge in [-0.2, -0.15) is 0 Å². The average molecular weight is 460 g/mol. The highest BCUT2D eigenvalue weighted by atomic mass is 35.5. The molecule has 1 saturated heterocycles. The van der Waals surface area contributed by atoms with Crippen molar-refractivity contribution in [3.63, 3.8) is 0 Å². The molecule has 31 heavy (non-hydrogen) atoms. The van der Waals surface area contributed by atoms with Crippen molar-refractivity contribution in [1.82, 2.24) is 19.8 Å². The number of anilines is 1. The van der Waals surface area contributed by atoms with E-state index in [1.165, 1.54) is 7.11 Å². The molecule has 0 aliphatic carbocycles. The first-order valence-electron chi connectivity index (χ1n) is 10.3. The topological polar surface area (TPSA) is 70.6 Å². The van der Waals surface area contributed by atoms with Gasteiger partial charge in [0.25, 0.3) is 0 Å². The van der Waals surface area contributed by atoms with Crippen LogP contribution in [0, 0.1) is 0 Å². The van der Waals surface area contributed by atoms with Crippen molar-refractivity contribution in [2.45, 2.75) is 6.42 Å². The molecule has 3 heterocycles. The number of nitrogens with zero attached hydrogens (tertiary/aromatic N) is 4. The van der Waals surface area contributed by atoms with E-state index < -0.39 is 0 Å². The Kier molecular flexibility index (Phi) is 7.02. The number of benzene rings is 1. The molecule has 1 fully saturated rings. The Bertz CT molecular complexity index is 1070. The lowest BCUT2D eigenvalue weighted by Gasteiger charge is -2.32. The Balaban J connectivity index is 1.42. The van der Waals surface area contributed by atoms with E-state index in [1.807, 2.05) is 18.2 Å². The van der Waals surface area contributed by atoms with Gasteiger partial charge in [0.15, 0.2) is 0 Å². The summed E-state index contributed by atoms with van der Waals surface area (Å²) in [5.41, 5.74) is 1.22. The first-order valence-corrected chi connectivity index (χ1v) is 11.5. The number of fused-ring (bicyclic) bond motifs is 1. The Morgan fingerprint density at radius 2 is 2.06 bits per heavy atom. The minimum atomic E-state index is -0.347. The van der Waals surface area contributed by atoms with Gasteiger partial charge in [-0.1, -0.05) is 17.7 Å². The number of methoxy groups -OCH3 is 1. The van der Waals surface area contributed by atoms with Crippen LogP contribution >= 0.6 is 22.9 Å². The Hall–Kier alpha value is -2.26. The van der Waals surface area contributed by atoms with E-state index in [1.54, 1.807) is 23.6 Å². The van der Waals surface area contributed by atoms with Crippen LogP contribution in [-0.2, 0) is 4.74 Å². The number of ether oxygens (including phenoxy) is 1. The number of carbonyl (C=O) groups excluding carboxylic acids is 1. The Morgan fingerprint density at radius 3 is 2.84 bits per heavy atom. The highest BCUT2D eigenvalue weighted by molar-refractivity contribution is 7.22. The minimum absolute atomic E-state index is 0.347. The molecule has 0 amide bonds. The highest BCUT2D eigenvalue weighted by Crippen LogP contribution is 2.36. The number of likely N-dealkylation sites (N-methyl/N-ethyl adjacent to an activating group) is 1. The average Bonchev–Trinajstić information content (AvgIpc) is 3.21. The number of hydrogen-bond donors (Lipinski definition) is 1. The molecular weight excluding hydrogens is 434 g/mol. The zero-order chi connectivity index (χ0) is 21.8. The van der Waals surface area contributed by atoms with Crippen molar-refractivity contribution >= 4 is 44.9 Å². The lowest BCUT2D eigenvalue weighted by Crippen LogP contribution is -2.44. The van der Waals surface area contributed by atoms with Crippen molar-refractivity contribution in [2.75, 3.05) is 58.7 Å². The molecule has 2 aromatic heterocycles. The normalized spacial score (nSPS) is 15.3. The van der Waals surface area contributed by atoms with Crippen LogP contribution in [0.5, 0.6) is 0 Å². The summed E-state index contributed by atoms with van der Waals surface area (Å²) in [5.74, 6) is 0.227. The number of nitrogens with one attached hydrogen (secondary N) is 1. The van der Waals surface area contributed by atoms with Gasteiger partial charge in [-0.05, 0) is 43.6 Å². The fourth-order valence-electron chi connectivity index (χ4n) is 3.59. The van der Waals surface area contributed by atoms with Gasteiger partial charge in [0.2, 0.25) is 5.95 Å². The van der Waals surface area contributed by atoms with Crippen LogP contribution in [0.3, 0.4) is 0 Å². The second-order valence-corrected chi connectivity index (χ2v) is 9.16. The molecule has 0 unspecified atom stereocenters. The third-order valence-electron chi connectivity index (χ3n) is 5.45. The number of hydrogen-bond acceptors (Lipinski definition) is 8. The third kappa shape index (κ3) is 5.33. The predicted octanol–water partition coefficient (Wildman–Crippen LogP) is 3.85. The van der Waals surface area contributed by atoms with E-state index >= 15 is 0 Å². The highest BCUT2D eigenvalue weighted by Gasteiger charge is 2.15. The second kappa shape index (κ2) is 9.91. The first-order chi connectivity index (χ1) is 15.0. The summed E-state index contributed by atoms with van der Waals surface area (Å²) < 4.78 is 5.79. The van der Waals surface area contributed by atoms with E-state index in [4.69, 9.17) is 16.3 Å². The maximum atomic E-state index is 11.8. The molecule has 0 spiro atoms. The van der Waals surface area contributed by atoms with Crippen LogP contribution in [0.1, 0.15) is 16.8 Å². The van der Waals surface area contributed by atoms with E-state index in [0.29, 0.717) is 22.2 Å². The van der Waals surface area contributed by atoms with Gasteiger partial charge in [0, 0.05) is 37.4 Å². The molecule has 1 N–H and O–H groups in total. The van der Waals surface area contributed by atoms with Gasteiger partial charge < -0.3 is 19.9 Å². The van der Waals surface area contributed by atoms with Crippen molar-refractivity contribution in [3.8, 4) is 10.6 Å². The van der Waals surface area contributed by atoms with Gasteiger partial charge >= 0.3 is 5.97 Å². The summed E-state index contributed by atoms with van der Waals surface area (Å²) in [6.45, 7) is 6.40. The molecule has 4 rings (SSSR count). The maximum absolute atomic E-state index is 11.8. The zero-order valence-electron chi connectivity index (χ0n) is 17.7. The number of piperazine rings is 1. The monoisotopic (exact) mass is 459 g/mol. The molecule has 0 atom stereocenters. The summed E-state index contributed by atoms with van der Waals surface area (Å²) >= 11 is 7.95. The molecule has 1 aromatic carbocycles. The lowest BCUT2D eigenvalue weighted by molar-refractivity contribution is 0.0601. The molecular formula is C22H26ClN5O2S. The summed E-state index contributed by atoms with van der Waals surface area (Å²) in [6.07, 6.45) is 2.67. The van der Waals surface area contributed by atoms with Crippen LogP contribution in [-0.4, -0.2) is 79.2 Å². The standard InChI is InChI=1S/C22H26ClN5O2S/c1-27-8-10-28(11-9-27)7-3-6-24-22-25-14-17(23)20(26-22)19-12-15-4-5-16(21(29)30-2)13-18(15)31-19/h4-5,12-14H,3,6-11H2,1-2H3,(H,24,25,26). The summed E-state index contributed by atoms with van der Waals surface area (Å²) in [4.78, 5) is 26.6. The summed E-state index contributed by atoms with van der Waals surface area (Å²) in [7, 11) is 3.55. The number of aromatic nitrogens is 2. The number of thiophene rings is 1. The second-order valence-electron chi connectivity index (χ2n) is 7.67. The lowest BCUT2D eigenvalue weighted by atomic mass is 10.1. The van der Waals surface area contributed by atoms with Crippen LogP contribution in [0.25, 0.3) is 20.7 Å². The molecule has 0 bridgehead atoms. The van der Waals surface area contributed by atoms with Crippen LogP contribution in [0.15, 0.2) is 30.5 Å². The SMILES string of the molecule is COC(=O)c1ccc2cc(-c3nc(NCCCN4CCN(C)CC4)ncc3Cl)sc2c1. The fourth-order valence-corrected chi connectivity index (χ4v) is 4.95. The maximum Gasteiger partial charge on any atom is 0.337 e. The van der Waals surface area contributed by atoms with Gasteiger partial charge in [0.05, 0.1) is 28.8 Å². The summed E-state index contributed by atoms with van der Waals surface area (Å²) in [6, 6.07) is 7.54. The van der Waals surface area contributed by atoms with Gasteiger partial charge in [-0.3, -0.25) is 0 Å². The van der Waals surface area contributed by atoms with E-state index in [0.717, 1.165) is 60.7 Å². The van der Waals surface area contributed by atoms with Crippen molar-refractivity contribution in [1.29, 1.82) is 0 Å². The molecule has 1 aliphatic rings. The van der Waals surface area contributed by atoms with Crippen molar-refractivity contribution in [2.24, 2.45) is 0 Å². The Labute approximate surface area is 191 Å². The van der Waals surface area contributed by atoms with Crippen molar-refractivity contribution in [3.05, 3.63) is 41.0 Å². The smallest absolute Gasteiger partial charge is 0.337 e. The van der Waals surface area contributed by atoms with Gasteiger partial charge in [0.1, 0.15) is 5.69 Å². The van der Waals surface area contributed by atoms with Crippen molar-refractivity contribution < 1.29 is 9.53 Å². The molecule has 164 valence electrons. The van der Waals surface area contributed by atoms with Crippen LogP contribution in [0.2, 0.25) is 5.02 Å². The molecule has 3 aromatic rings. The van der Waals surface area contributed by atoms with Gasteiger partial charge in [-0.25, -0.2) is 14.8 Å². The molecule has 0 radical (unpaired) electrons. The molecule has 1 aliphatic heterocycles. The first kappa shape index (κ1) is 22.0. The van der Waals surface area contributed by atoms with E-state index in [2.05, 4.69) is 32.1 Å².